The zero-order valence-electron chi connectivity index (χ0n) is 13.3. The monoisotopic (exact) mass is 440 g/mol. The van der Waals surface area contributed by atoms with Gasteiger partial charge in [0.1, 0.15) is 0 Å². The number of guanidine groups is 1. The third kappa shape index (κ3) is 8.52. The van der Waals surface area contributed by atoms with Crippen LogP contribution in [-0.2, 0) is 22.4 Å². The minimum Gasteiger partial charge on any atom is -0.469 e. The maximum absolute atomic E-state index is 11.1. The average Bonchev–Trinajstić information content (AvgIpc) is 2.95. The summed E-state index contributed by atoms with van der Waals surface area (Å²) in [5.41, 5.74) is 0. The first kappa shape index (κ1) is 21.1. The molecule has 2 N–H and O–H groups in total. The third-order valence-electron chi connectivity index (χ3n) is 2.74. The van der Waals surface area contributed by atoms with Crippen molar-refractivity contribution in [1.82, 2.24) is 15.6 Å². The summed E-state index contributed by atoms with van der Waals surface area (Å²) in [4.78, 5) is 21.2. The predicted molar refractivity (Wildman–Crippen MR) is 101 cm³/mol. The van der Waals surface area contributed by atoms with Crippen LogP contribution in [0.25, 0.3) is 0 Å². The van der Waals surface area contributed by atoms with E-state index in [1.165, 1.54) is 12.0 Å². The normalized spacial score (nSPS) is 10.8. The summed E-state index contributed by atoms with van der Waals surface area (Å²) in [6.07, 6.45) is 4.12. The van der Waals surface area contributed by atoms with Crippen LogP contribution in [0.3, 0.4) is 0 Å². The maximum Gasteiger partial charge on any atom is 0.307 e. The Morgan fingerprint density at radius 1 is 1.41 bits per heavy atom. The fourth-order valence-electron chi connectivity index (χ4n) is 1.62. The topological polar surface area (TPSA) is 75.6 Å². The number of carbonyl (C=O) groups is 1. The molecule has 0 aliphatic carbocycles. The lowest BCUT2D eigenvalue weighted by atomic mass is 10.4. The van der Waals surface area contributed by atoms with E-state index in [-0.39, 0.29) is 29.9 Å². The number of rotatable bonds is 8. The van der Waals surface area contributed by atoms with Gasteiger partial charge in [-0.3, -0.25) is 9.79 Å². The number of aryl methyl sites for hydroxylation is 1. The standard InChI is InChI=1S/C14H24N4O2S.HI/c1-4-11-10-18-12(21-11)6-8-16-14(15-5-2)17-9-7-13(19)20-3;/h10H,4-9H2,1-3H3,(H2,15,16,17);1H. The number of aromatic nitrogens is 1. The van der Waals surface area contributed by atoms with Crippen LogP contribution in [0.5, 0.6) is 0 Å². The zero-order chi connectivity index (χ0) is 15.5. The number of halogens is 1. The van der Waals surface area contributed by atoms with E-state index in [1.807, 2.05) is 13.1 Å². The Hall–Kier alpha value is -0.900. The summed E-state index contributed by atoms with van der Waals surface area (Å²) in [5, 5.41) is 7.37. The number of methoxy groups -OCH3 is 1. The number of hydrogen-bond donors (Lipinski definition) is 2. The van der Waals surface area contributed by atoms with Gasteiger partial charge in [0.25, 0.3) is 0 Å². The molecule has 0 aliphatic rings. The van der Waals surface area contributed by atoms with Gasteiger partial charge in [-0.2, -0.15) is 0 Å². The molecule has 22 heavy (non-hydrogen) atoms. The molecule has 1 aromatic rings. The Labute approximate surface area is 153 Å². The van der Waals surface area contributed by atoms with Gasteiger partial charge in [0.05, 0.1) is 18.5 Å². The highest BCUT2D eigenvalue weighted by Crippen LogP contribution is 2.13. The molecule has 0 radical (unpaired) electrons. The maximum atomic E-state index is 11.1. The number of nitrogens with one attached hydrogen (secondary N) is 2. The molecule has 1 rings (SSSR count). The number of esters is 1. The number of hydrogen-bond acceptors (Lipinski definition) is 5. The molecule has 0 amide bonds. The van der Waals surface area contributed by atoms with Gasteiger partial charge in [0, 0.05) is 37.1 Å². The summed E-state index contributed by atoms with van der Waals surface area (Å²) < 4.78 is 4.60. The molecule has 0 saturated carbocycles. The molecule has 0 spiro atoms. The van der Waals surface area contributed by atoms with Gasteiger partial charge in [-0.25, -0.2) is 4.98 Å². The van der Waals surface area contributed by atoms with Crippen molar-refractivity contribution in [3.8, 4) is 0 Å². The SMILES string of the molecule is CCNC(=NCCc1ncc(CC)s1)NCCC(=O)OC.I. The van der Waals surface area contributed by atoms with Gasteiger partial charge in [0.15, 0.2) is 5.96 Å². The van der Waals surface area contributed by atoms with Crippen molar-refractivity contribution < 1.29 is 9.53 Å². The lowest BCUT2D eigenvalue weighted by Crippen LogP contribution is -2.38. The molecule has 0 unspecified atom stereocenters. The van der Waals surface area contributed by atoms with Crippen LogP contribution < -0.4 is 10.6 Å². The fourth-order valence-corrected chi connectivity index (χ4v) is 2.47. The highest BCUT2D eigenvalue weighted by molar-refractivity contribution is 14.0. The van der Waals surface area contributed by atoms with E-state index in [4.69, 9.17) is 0 Å². The van der Waals surface area contributed by atoms with Crippen molar-refractivity contribution in [1.29, 1.82) is 0 Å². The van der Waals surface area contributed by atoms with Crippen LogP contribution in [0.4, 0.5) is 0 Å². The summed E-state index contributed by atoms with van der Waals surface area (Å²) in [5.74, 6) is 0.488. The van der Waals surface area contributed by atoms with Gasteiger partial charge in [-0.05, 0) is 13.3 Å². The second-order valence-corrected chi connectivity index (χ2v) is 5.54. The second kappa shape index (κ2) is 12.6. The van der Waals surface area contributed by atoms with Gasteiger partial charge in [0.2, 0.25) is 0 Å². The number of thiazole rings is 1. The number of aliphatic imine (C=N–C) groups is 1. The van der Waals surface area contributed by atoms with Crippen LogP contribution in [0, 0.1) is 0 Å². The smallest absolute Gasteiger partial charge is 0.307 e. The van der Waals surface area contributed by atoms with E-state index in [1.54, 1.807) is 11.3 Å². The van der Waals surface area contributed by atoms with Crippen LogP contribution in [0.1, 0.15) is 30.2 Å². The molecule has 126 valence electrons. The van der Waals surface area contributed by atoms with E-state index in [9.17, 15) is 4.79 Å². The van der Waals surface area contributed by atoms with E-state index in [0.717, 1.165) is 24.4 Å². The Morgan fingerprint density at radius 3 is 2.77 bits per heavy atom. The summed E-state index contributed by atoms with van der Waals surface area (Å²) in [6, 6.07) is 0. The average molecular weight is 440 g/mol. The summed E-state index contributed by atoms with van der Waals surface area (Å²) in [6.45, 7) is 6.09. The van der Waals surface area contributed by atoms with Crippen molar-refractivity contribution in [3.63, 3.8) is 0 Å². The minimum absolute atomic E-state index is 0. The molecular formula is C14H25IN4O2S. The molecule has 0 aliphatic heterocycles. The fraction of sp³-hybridized carbons (Fsp3) is 0.643. The predicted octanol–water partition coefficient (Wildman–Crippen LogP) is 1.98. The van der Waals surface area contributed by atoms with E-state index in [0.29, 0.717) is 25.5 Å². The highest BCUT2D eigenvalue weighted by atomic mass is 127. The van der Waals surface area contributed by atoms with Gasteiger partial charge in [-0.15, -0.1) is 35.3 Å². The van der Waals surface area contributed by atoms with E-state index < -0.39 is 0 Å². The zero-order valence-corrected chi connectivity index (χ0v) is 16.5. The molecule has 0 atom stereocenters. The van der Waals surface area contributed by atoms with Crippen molar-refractivity contribution >= 4 is 47.2 Å². The molecule has 0 fully saturated rings. The van der Waals surface area contributed by atoms with Crippen molar-refractivity contribution in [2.75, 3.05) is 26.7 Å². The summed E-state index contributed by atoms with van der Waals surface area (Å²) in [7, 11) is 1.39. The molecule has 0 aromatic carbocycles. The van der Waals surface area contributed by atoms with Gasteiger partial charge >= 0.3 is 5.97 Å². The molecule has 0 saturated heterocycles. The Bertz CT molecular complexity index is 465. The molecular weight excluding hydrogens is 415 g/mol. The molecule has 6 nitrogen and oxygen atoms in total. The Morgan fingerprint density at radius 2 is 2.18 bits per heavy atom. The van der Waals surface area contributed by atoms with E-state index >= 15 is 0 Å². The molecule has 0 bridgehead atoms. The first-order chi connectivity index (χ1) is 10.2. The number of nitrogens with zero attached hydrogens (tertiary/aromatic N) is 2. The highest BCUT2D eigenvalue weighted by Gasteiger charge is 2.03. The first-order valence-electron chi connectivity index (χ1n) is 7.22. The van der Waals surface area contributed by atoms with E-state index in [2.05, 4.69) is 32.3 Å². The molecule has 1 heterocycles. The Balaban J connectivity index is 0.00000441. The number of carbonyl (C=O) groups excluding carboxylic acids is 1. The lowest BCUT2D eigenvalue weighted by molar-refractivity contribution is -0.140. The Kier molecular flexibility index (Phi) is 12.1. The van der Waals surface area contributed by atoms with Crippen LogP contribution in [-0.4, -0.2) is 43.7 Å². The molecule has 8 heteroatoms. The van der Waals surface area contributed by atoms with Gasteiger partial charge in [-0.1, -0.05) is 6.92 Å². The quantitative estimate of drug-likeness (QED) is 0.280. The van der Waals surface area contributed by atoms with Crippen LogP contribution in [0.2, 0.25) is 0 Å². The van der Waals surface area contributed by atoms with Gasteiger partial charge < -0.3 is 15.4 Å². The van der Waals surface area contributed by atoms with Crippen LogP contribution in [0.15, 0.2) is 11.2 Å². The lowest BCUT2D eigenvalue weighted by Gasteiger charge is -2.10. The van der Waals surface area contributed by atoms with Crippen molar-refractivity contribution in [2.24, 2.45) is 4.99 Å². The molecule has 1 aromatic heterocycles. The summed E-state index contributed by atoms with van der Waals surface area (Å²) >= 11 is 1.74. The van der Waals surface area contributed by atoms with Crippen LogP contribution >= 0.6 is 35.3 Å². The second-order valence-electron chi connectivity index (χ2n) is 4.34. The number of ether oxygens (including phenoxy) is 1. The van der Waals surface area contributed by atoms with Crippen molar-refractivity contribution in [2.45, 2.75) is 33.1 Å². The largest absolute Gasteiger partial charge is 0.469 e. The minimum atomic E-state index is -0.228. The third-order valence-corrected chi connectivity index (χ3v) is 3.94. The first-order valence-corrected chi connectivity index (χ1v) is 8.03. The van der Waals surface area contributed by atoms with Crippen molar-refractivity contribution in [3.05, 3.63) is 16.1 Å².